The van der Waals surface area contributed by atoms with E-state index in [1.165, 1.54) is 6.33 Å². The molecule has 1 aliphatic heterocycles. The van der Waals surface area contributed by atoms with Gasteiger partial charge in [0.15, 0.2) is 9.84 Å². The summed E-state index contributed by atoms with van der Waals surface area (Å²) < 4.78 is 23.5. The Balaban J connectivity index is 1.84. The van der Waals surface area contributed by atoms with Crippen molar-refractivity contribution in [3.05, 3.63) is 12.2 Å². The number of carbonyl (C=O) groups excluding carboxylic acids is 1. The number of aromatic nitrogens is 3. The molecule has 2 rings (SSSR count). The topological polar surface area (TPSA) is 105 Å². The van der Waals surface area contributed by atoms with Gasteiger partial charge in [0.05, 0.1) is 5.75 Å². The molecule has 0 spiro atoms. The Bertz CT molecular complexity index is 497. The molecule has 18 heavy (non-hydrogen) atoms. The molecule has 1 aromatic rings. The van der Waals surface area contributed by atoms with Gasteiger partial charge in [0.25, 0.3) is 0 Å². The number of nitrogens with one attached hydrogen (secondary N) is 2. The van der Waals surface area contributed by atoms with Crippen LogP contribution in [0, 0.1) is 0 Å². The number of amides is 1. The van der Waals surface area contributed by atoms with Crippen LogP contribution in [0.25, 0.3) is 0 Å². The molecule has 1 aromatic heterocycles. The van der Waals surface area contributed by atoms with Gasteiger partial charge in [-0.05, 0) is 12.8 Å². The second kappa shape index (κ2) is 5.47. The zero-order chi connectivity index (χ0) is 13.0. The fraction of sp³-hybridized carbons (Fsp3) is 0.700. The minimum absolute atomic E-state index is 0.118. The molecule has 1 saturated heterocycles. The van der Waals surface area contributed by atoms with Crippen LogP contribution in [0.15, 0.2) is 6.33 Å². The Morgan fingerprint density at radius 3 is 3.00 bits per heavy atom. The lowest BCUT2D eigenvalue weighted by Crippen LogP contribution is -2.43. The number of aromatic amines is 1. The highest BCUT2D eigenvalue weighted by Gasteiger charge is 2.34. The minimum atomic E-state index is -3.25. The first-order valence-corrected chi connectivity index (χ1v) is 7.64. The number of rotatable bonds is 4. The molecule has 0 aromatic carbocycles. The quantitative estimate of drug-likeness (QED) is 0.763. The Morgan fingerprint density at radius 2 is 2.33 bits per heavy atom. The molecule has 8 heteroatoms. The Kier molecular flexibility index (Phi) is 3.95. The Labute approximate surface area is 105 Å². The fourth-order valence-corrected chi connectivity index (χ4v) is 3.84. The number of H-pyrrole nitrogens is 1. The van der Waals surface area contributed by atoms with Crippen molar-refractivity contribution in [1.82, 2.24) is 20.5 Å². The molecule has 0 saturated carbocycles. The largest absolute Gasteiger partial charge is 0.355 e. The second-order valence-electron chi connectivity index (χ2n) is 4.32. The third-order valence-corrected chi connectivity index (χ3v) is 5.17. The van der Waals surface area contributed by atoms with Crippen LogP contribution in [0.3, 0.4) is 0 Å². The number of carbonyl (C=O) groups is 1. The van der Waals surface area contributed by atoms with Gasteiger partial charge in [-0.3, -0.25) is 9.89 Å². The van der Waals surface area contributed by atoms with Crippen LogP contribution >= 0.6 is 0 Å². The first kappa shape index (κ1) is 13.0. The minimum Gasteiger partial charge on any atom is -0.355 e. The van der Waals surface area contributed by atoms with Crippen molar-refractivity contribution >= 4 is 15.7 Å². The number of hydrogen-bond donors (Lipinski definition) is 2. The van der Waals surface area contributed by atoms with Crippen LogP contribution in [0.1, 0.15) is 25.1 Å². The van der Waals surface area contributed by atoms with Gasteiger partial charge in [-0.1, -0.05) is 6.42 Å². The molecule has 1 fully saturated rings. The molecule has 1 aliphatic rings. The van der Waals surface area contributed by atoms with Gasteiger partial charge in [0.1, 0.15) is 17.4 Å². The van der Waals surface area contributed by atoms with E-state index in [1.807, 2.05) is 0 Å². The molecule has 0 aliphatic carbocycles. The molecule has 0 radical (unpaired) electrons. The van der Waals surface area contributed by atoms with Crippen LogP contribution in [0.5, 0.6) is 0 Å². The molecule has 1 unspecified atom stereocenters. The van der Waals surface area contributed by atoms with Crippen molar-refractivity contribution in [2.75, 3.05) is 12.3 Å². The van der Waals surface area contributed by atoms with E-state index in [1.54, 1.807) is 0 Å². The average Bonchev–Trinajstić information content (AvgIpc) is 2.81. The molecule has 100 valence electrons. The van der Waals surface area contributed by atoms with Gasteiger partial charge in [0.2, 0.25) is 5.91 Å². The van der Waals surface area contributed by atoms with Crippen molar-refractivity contribution in [2.45, 2.75) is 30.9 Å². The molecule has 1 amide bonds. The van der Waals surface area contributed by atoms with E-state index < -0.39 is 21.0 Å². The van der Waals surface area contributed by atoms with Crippen LogP contribution in [0.4, 0.5) is 0 Å². The molecule has 7 nitrogen and oxygen atoms in total. The smallest absolute Gasteiger partial charge is 0.238 e. The van der Waals surface area contributed by atoms with Crippen LogP contribution in [0.2, 0.25) is 0 Å². The third-order valence-electron chi connectivity index (χ3n) is 3.00. The molecule has 2 heterocycles. The fourth-order valence-electron chi connectivity index (χ4n) is 2.02. The normalized spacial score (nSPS) is 22.6. The van der Waals surface area contributed by atoms with Crippen molar-refractivity contribution < 1.29 is 13.2 Å². The van der Waals surface area contributed by atoms with E-state index in [0.717, 1.165) is 6.42 Å². The van der Waals surface area contributed by atoms with E-state index in [2.05, 4.69) is 20.5 Å². The zero-order valence-corrected chi connectivity index (χ0v) is 10.7. The third kappa shape index (κ3) is 3.06. The summed E-state index contributed by atoms with van der Waals surface area (Å²) in [6.07, 6.45) is 3.78. The standard InChI is InChI=1S/C10H16N4O3S/c15-10(8-3-1-2-6-18(8,16)17)11-5-4-9-12-7-13-14-9/h7-8H,1-6H2,(H,11,15)(H,12,13,14). The summed E-state index contributed by atoms with van der Waals surface area (Å²) in [5, 5.41) is 8.13. The second-order valence-corrected chi connectivity index (χ2v) is 6.63. The SMILES string of the molecule is O=C(NCCc1ncn[nH]1)C1CCCCS1(=O)=O. The van der Waals surface area contributed by atoms with E-state index in [0.29, 0.717) is 31.6 Å². The first-order chi connectivity index (χ1) is 8.59. The summed E-state index contributed by atoms with van der Waals surface area (Å²) >= 11 is 0. The summed E-state index contributed by atoms with van der Waals surface area (Å²) in [6.45, 7) is 0.361. The maximum Gasteiger partial charge on any atom is 0.238 e. The maximum atomic E-state index is 11.8. The number of sulfone groups is 1. The van der Waals surface area contributed by atoms with Crippen LogP contribution in [-0.2, 0) is 21.1 Å². The predicted molar refractivity (Wildman–Crippen MR) is 64.5 cm³/mol. The van der Waals surface area contributed by atoms with Gasteiger partial charge in [0, 0.05) is 13.0 Å². The Morgan fingerprint density at radius 1 is 1.50 bits per heavy atom. The molecule has 0 bridgehead atoms. The average molecular weight is 272 g/mol. The lowest BCUT2D eigenvalue weighted by atomic mass is 10.2. The predicted octanol–water partition coefficient (Wildman–Crippen LogP) is -0.569. The van der Waals surface area contributed by atoms with E-state index in [4.69, 9.17) is 0 Å². The van der Waals surface area contributed by atoms with Crippen LogP contribution < -0.4 is 5.32 Å². The van der Waals surface area contributed by atoms with Crippen molar-refractivity contribution in [1.29, 1.82) is 0 Å². The number of nitrogens with zero attached hydrogens (tertiary/aromatic N) is 2. The highest BCUT2D eigenvalue weighted by atomic mass is 32.2. The molecular weight excluding hydrogens is 256 g/mol. The molecule has 1 atom stereocenters. The molecular formula is C10H16N4O3S. The highest BCUT2D eigenvalue weighted by Crippen LogP contribution is 2.19. The van der Waals surface area contributed by atoms with E-state index >= 15 is 0 Å². The first-order valence-electron chi connectivity index (χ1n) is 5.93. The van der Waals surface area contributed by atoms with Crippen molar-refractivity contribution in [3.63, 3.8) is 0 Å². The summed E-state index contributed by atoms with van der Waals surface area (Å²) in [6, 6.07) is 0. The Hall–Kier alpha value is -1.44. The van der Waals surface area contributed by atoms with Gasteiger partial charge in [-0.15, -0.1) is 0 Å². The van der Waals surface area contributed by atoms with Crippen LogP contribution in [-0.4, -0.2) is 47.1 Å². The van der Waals surface area contributed by atoms with E-state index in [9.17, 15) is 13.2 Å². The van der Waals surface area contributed by atoms with Gasteiger partial charge in [-0.25, -0.2) is 13.4 Å². The van der Waals surface area contributed by atoms with Crippen molar-refractivity contribution in [3.8, 4) is 0 Å². The lowest BCUT2D eigenvalue weighted by Gasteiger charge is -2.21. The maximum absolute atomic E-state index is 11.8. The van der Waals surface area contributed by atoms with Crippen molar-refractivity contribution in [2.24, 2.45) is 0 Å². The summed E-state index contributed by atoms with van der Waals surface area (Å²) in [4.78, 5) is 15.7. The van der Waals surface area contributed by atoms with Gasteiger partial charge >= 0.3 is 0 Å². The van der Waals surface area contributed by atoms with Gasteiger partial charge < -0.3 is 5.32 Å². The van der Waals surface area contributed by atoms with Gasteiger partial charge in [-0.2, -0.15) is 5.10 Å². The molecule has 2 N–H and O–H groups in total. The lowest BCUT2D eigenvalue weighted by molar-refractivity contribution is -0.120. The number of hydrogen-bond acceptors (Lipinski definition) is 5. The monoisotopic (exact) mass is 272 g/mol. The summed E-state index contributed by atoms with van der Waals surface area (Å²) in [5.41, 5.74) is 0. The highest BCUT2D eigenvalue weighted by molar-refractivity contribution is 7.92. The van der Waals surface area contributed by atoms with E-state index in [-0.39, 0.29) is 5.75 Å². The zero-order valence-electron chi connectivity index (χ0n) is 9.92. The summed E-state index contributed by atoms with van der Waals surface area (Å²) in [5.74, 6) is 0.392. The summed E-state index contributed by atoms with van der Waals surface area (Å²) in [7, 11) is -3.25.